The Labute approximate surface area is 83.6 Å². The van der Waals surface area contributed by atoms with Gasteiger partial charge >= 0.3 is 5.97 Å². The second kappa shape index (κ2) is 3.97. The molecule has 1 aromatic rings. The van der Waals surface area contributed by atoms with Crippen LogP contribution in [0.1, 0.15) is 22.3 Å². The average molecular weight is 188 g/mol. The summed E-state index contributed by atoms with van der Waals surface area (Å²) >= 11 is 0. The largest absolute Gasteiger partial charge is 0.472 e. The minimum absolute atomic E-state index is 0.788. The van der Waals surface area contributed by atoms with Gasteiger partial charge in [0.15, 0.2) is 0 Å². The maximum absolute atomic E-state index is 10.3. The zero-order chi connectivity index (χ0) is 10.7. The van der Waals surface area contributed by atoms with E-state index in [1.165, 1.54) is 11.1 Å². The van der Waals surface area contributed by atoms with Gasteiger partial charge in [-0.2, -0.15) is 0 Å². The first-order chi connectivity index (χ1) is 6.52. The Balaban J connectivity index is 3.20. The van der Waals surface area contributed by atoms with Crippen LogP contribution >= 0.6 is 0 Å². The van der Waals surface area contributed by atoms with Gasteiger partial charge in [0.05, 0.1) is 0 Å². The number of hydrogen-bond acceptors (Lipinski definition) is 1. The number of carboxylic acid groups (broad SMARTS) is 1. The van der Waals surface area contributed by atoms with Crippen molar-refractivity contribution in [1.82, 2.24) is 0 Å². The smallest absolute Gasteiger partial charge is 0.382 e. The van der Waals surface area contributed by atoms with Crippen molar-refractivity contribution in [3.8, 4) is 11.8 Å². The van der Waals surface area contributed by atoms with Crippen LogP contribution in [0.3, 0.4) is 0 Å². The summed E-state index contributed by atoms with van der Waals surface area (Å²) in [5.74, 6) is 3.65. The summed E-state index contributed by atoms with van der Waals surface area (Å²) < 4.78 is 0. The molecule has 0 aliphatic carbocycles. The predicted octanol–water partition coefficient (Wildman–Crippen LogP) is 2.05. The van der Waals surface area contributed by atoms with Crippen LogP contribution < -0.4 is 0 Å². The molecular weight excluding hydrogens is 176 g/mol. The van der Waals surface area contributed by atoms with E-state index < -0.39 is 5.97 Å². The lowest BCUT2D eigenvalue weighted by Gasteiger charge is -2.05. The van der Waals surface area contributed by atoms with Crippen LogP contribution in [0.5, 0.6) is 0 Å². The third kappa shape index (κ3) is 2.14. The molecule has 0 radical (unpaired) electrons. The fourth-order valence-corrected chi connectivity index (χ4v) is 1.21. The summed E-state index contributed by atoms with van der Waals surface area (Å²) in [7, 11) is 0. The van der Waals surface area contributed by atoms with Crippen molar-refractivity contribution in [2.24, 2.45) is 0 Å². The van der Waals surface area contributed by atoms with Gasteiger partial charge in [0.2, 0.25) is 0 Å². The van der Waals surface area contributed by atoms with E-state index in [4.69, 9.17) is 5.11 Å². The maximum Gasteiger partial charge on any atom is 0.382 e. The molecule has 0 bridgehead atoms. The summed E-state index contributed by atoms with van der Waals surface area (Å²) in [5.41, 5.74) is 4.21. The molecule has 0 fully saturated rings. The van der Waals surface area contributed by atoms with Gasteiger partial charge in [-0.1, -0.05) is 12.0 Å². The summed E-state index contributed by atoms with van der Waals surface area (Å²) in [4.78, 5) is 10.3. The van der Waals surface area contributed by atoms with Crippen molar-refractivity contribution < 1.29 is 9.90 Å². The summed E-state index contributed by atoms with van der Waals surface area (Å²) in [5, 5.41) is 8.42. The molecule has 1 aromatic carbocycles. The Bertz CT molecular complexity index is 434. The number of hydrogen-bond donors (Lipinski definition) is 1. The summed E-state index contributed by atoms with van der Waals surface area (Å²) in [6, 6.07) is 3.81. The van der Waals surface area contributed by atoms with Gasteiger partial charge in [0.1, 0.15) is 0 Å². The Hall–Kier alpha value is -1.75. The molecule has 72 valence electrons. The van der Waals surface area contributed by atoms with Crippen molar-refractivity contribution in [3.63, 3.8) is 0 Å². The van der Waals surface area contributed by atoms with Gasteiger partial charge in [-0.15, -0.1) is 0 Å². The first kappa shape index (κ1) is 10.3. The zero-order valence-electron chi connectivity index (χ0n) is 8.51. The maximum atomic E-state index is 10.3. The Morgan fingerprint density at radius 3 is 2.43 bits per heavy atom. The standard InChI is InChI=1S/C12H12O2/c1-8-4-5-11(6-7-12(13)14)10(3)9(8)2/h4-5H,1-3H3,(H,13,14). The third-order valence-electron chi connectivity index (χ3n) is 2.36. The Morgan fingerprint density at radius 2 is 1.86 bits per heavy atom. The highest BCUT2D eigenvalue weighted by Crippen LogP contribution is 2.15. The fourth-order valence-electron chi connectivity index (χ4n) is 1.21. The number of carbonyl (C=O) groups is 1. The SMILES string of the molecule is Cc1ccc(C#CC(=O)O)c(C)c1C. The van der Waals surface area contributed by atoms with Crippen LogP contribution in [-0.4, -0.2) is 11.1 Å². The van der Waals surface area contributed by atoms with Crippen LogP contribution in [0.25, 0.3) is 0 Å². The predicted molar refractivity (Wildman–Crippen MR) is 55.2 cm³/mol. The monoisotopic (exact) mass is 188 g/mol. The average Bonchev–Trinajstić information content (AvgIpc) is 2.13. The first-order valence-corrected chi connectivity index (χ1v) is 4.34. The Kier molecular flexibility index (Phi) is 2.93. The van der Waals surface area contributed by atoms with E-state index in [-0.39, 0.29) is 0 Å². The summed E-state index contributed by atoms with van der Waals surface area (Å²) in [6.07, 6.45) is 0. The van der Waals surface area contributed by atoms with Gasteiger partial charge in [0.25, 0.3) is 0 Å². The molecule has 14 heavy (non-hydrogen) atoms. The van der Waals surface area contributed by atoms with Crippen LogP contribution in [0.15, 0.2) is 12.1 Å². The molecule has 2 heteroatoms. The van der Waals surface area contributed by atoms with Gasteiger partial charge < -0.3 is 5.11 Å². The lowest BCUT2D eigenvalue weighted by Crippen LogP contribution is -1.92. The lowest BCUT2D eigenvalue weighted by molar-refractivity contribution is -0.130. The number of aryl methyl sites for hydroxylation is 1. The van der Waals surface area contributed by atoms with Crippen LogP contribution in [0.4, 0.5) is 0 Å². The highest BCUT2D eigenvalue weighted by molar-refractivity contribution is 5.87. The molecule has 0 unspecified atom stereocenters. The summed E-state index contributed by atoms with van der Waals surface area (Å²) in [6.45, 7) is 5.99. The topological polar surface area (TPSA) is 37.3 Å². The van der Waals surface area contributed by atoms with Crippen LogP contribution in [0, 0.1) is 32.6 Å². The molecule has 0 heterocycles. The fraction of sp³-hybridized carbons (Fsp3) is 0.250. The second-order valence-corrected chi connectivity index (χ2v) is 3.24. The third-order valence-corrected chi connectivity index (χ3v) is 2.36. The number of carboxylic acids is 1. The minimum Gasteiger partial charge on any atom is -0.472 e. The van der Waals surface area contributed by atoms with Crippen LogP contribution in [-0.2, 0) is 4.79 Å². The number of rotatable bonds is 0. The molecule has 0 aliphatic rings. The molecule has 0 saturated carbocycles. The van der Waals surface area contributed by atoms with E-state index >= 15 is 0 Å². The van der Waals surface area contributed by atoms with E-state index in [0.29, 0.717) is 0 Å². The normalized spacial score (nSPS) is 9.07. The molecule has 0 aromatic heterocycles. The molecular formula is C12H12O2. The zero-order valence-corrected chi connectivity index (χ0v) is 8.51. The molecule has 0 spiro atoms. The molecule has 0 saturated heterocycles. The second-order valence-electron chi connectivity index (χ2n) is 3.24. The highest BCUT2D eigenvalue weighted by atomic mass is 16.4. The molecule has 0 aliphatic heterocycles. The van der Waals surface area contributed by atoms with E-state index in [0.717, 1.165) is 11.1 Å². The van der Waals surface area contributed by atoms with E-state index in [2.05, 4.69) is 11.8 Å². The van der Waals surface area contributed by atoms with Crippen molar-refractivity contribution in [1.29, 1.82) is 0 Å². The van der Waals surface area contributed by atoms with Crippen molar-refractivity contribution in [2.75, 3.05) is 0 Å². The van der Waals surface area contributed by atoms with E-state index in [9.17, 15) is 4.79 Å². The molecule has 0 amide bonds. The number of aliphatic carboxylic acids is 1. The van der Waals surface area contributed by atoms with Gasteiger partial charge in [-0.3, -0.25) is 0 Å². The van der Waals surface area contributed by atoms with Crippen LogP contribution in [0.2, 0.25) is 0 Å². The van der Waals surface area contributed by atoms with Gasteiger partial charge in [0, 0.05) is 11.5 Å². The molecule has 1 N–H and O–H groups in total. The first-order valence-electron chi connectivity index (χ1n) is 4.34. The minimum atomic E-state index is -1.09. The Morgan fingerprint density at radius 1 is 1.21 bits per heavy atom. The van der Waals surface area contributed by atoms with Crippen molar-refractivity contribution >= 4 is 5.97 Å². The molecule has 1 rings (SSSR count). The van der Waals surface area contributed by atoms with Gasteiger partial charge in [-0.05, 0) is 43.5 Å². The molecule has 0 atom stereocenters. The quantitative estimate of drug-likeness (QED) is 0.633. The van der Waals surface area contributed by atoms with Gasteiger partial charge in [-0.25, -0.2) is 4.79 Å². The van der Waals surface area contributed by atoms with E-state index in [1.807, 2.05) is 32.9 Å². The number of benzene rings is 1. The van der Waals surface area contributed by atoms with Crippen molar-refractivity contribution in [2.45, 2.75) is 20.8 Å². The molecule has 2 nitrogen and oxygen atoms in total. The van der Waals surface area contributed by atoms with E-state index in [1.54, 1.807) is 0 Å². The lowest BCUT2D eigenvalue weighted by atomic mass is 9.99. The highest BCUT2D eigenvalue weighted by Gasteiger charge is 2.00. The van der Waals surface area contributed by atoms with Crippen molar-refractivity contribution in [3.05, 3.63) is 34.4 Å².